The van der Waals surface area contributed by atoms with Gasteiger partial charge in [-0.25, -0.2) is 14.2 Å². The highest BCUT2D eigenvalue weighted by Gasteiger charge is 2.17. The molecule has 0 saturated carbocycles. The van der Waals surface area contributed by atoms with Crippen molar-refractivity contribution in [2.24, 2.45) is 7.05 Å². The van der Waals surface area contributed by atoms with Crippen LogP contribution in [0.5, 0.6) is 5.75 Å². The first kappa shape index (κ1) is 18.3. The number of benzene rings is 1. The van der Waals surface area contributed by atoms with Gasteiger partial charge in [-0.15, -0.1) is 0 Å². The van der Waals surface area contributed by atoms with Crippen LogP contribution < -0.4 is 10.4 Å². The Labute approximate surface area is 155 Å². The van der Waals surface area contributed by atoms with Crippen LogP contribution in [0.2, 0.25) is 0 Å². The average molecular weight is 426 g/mol. The molecular weight excluding hydrogens is 412 g/mol. The molecule has 0 saturated heterocycles. The maximum Gasteiger partial charge on any atom is 0.332 e. The van der Waals surface area contributed by atoms with Crippen molar-refractivity contribution < 1.29 is 18.3 Å². The number of hydrogen-bond acceptors (Lipinski definition) is 4. The zero-order valence-corrected chi connectivity index (χ0v) is 15.5. The number of pyridine rings is 1. The molecule has 0 atom stereocenters. The molecule has 0 N–H and O–H groups in total. The summed E-state index contributed by atoms with van der Waals surface area (Å²) in [4.78, 5) is 15.6. The molecule has 0 radical (unpaired) electrons. The van der Waals surface area contributed by atoms with E-state index in [9.17, 15) is 13.6 Å². The summed E-state index contributed by atoms with van der Waals surface area (Å²) in [6.07, 6.45) is 3.00. The first-order valence-electron chi connectivity index (χ1n) is 7.44. The predicted molar refractivity (Wildman–Crippen MR) is 94.4 cm³/mol. The summed E-state index contributed by atoms with van der Waals surface area (Å²) in [6.45, 7) is -0.0844. The van der Waals surface area contributed by atoms with Crippen molar-refractivity contribution in [1.82, 2.24) is 14.1 Å². The lowest BCUT2D eigenvalue weighted by Crippen LogP contribution is -2.21. The number of ether oxygens (including phenoxy) is 2. The SMILES string of the molecule is COCOc1c(-c2ccc(-n3ccn(C)c3=O)c(F)c2)cc(F)nc1Br. The molecule has 9 heteroatoms. The summed E-state index contributed by atoms with van der Waals surface area (Å²) < 4.78 is 41.3. The Kier molecular flexibility index (Phi) is 5.19. The van der Waals surface area contributed by atoms with Crippen molar-refractivity contribution >= 4 is 15.9 Å². The monoisotopic (exact) mass is 425 g/mol. The van der Waals surface area contributed by atoms with Gasteiger partial charge in [0.25, 0.3) is 0 Å². The third-order valence-electron chi connectivity index (χ3n) is 3.69. The molecule has 3 rings (SSSR count). The summed E-state index contributed by atoms with van der Waals surface area (Å²) in [7, 11) is 3.01. The van der Waals surface area contributed by atoms with Gasteiger partial charge >= 0.3 is 5.69 Å². The van der Waals surface area contributed by atoms with Crippen LogP contribution in [0.1, 0.15) is 0 Å². The summed E-state index contributed by atoms with van der Waals surface area (Å²) in [5, 5.41) is 0. The zero-order valence-electron chi connectivity index (χ0n) is 13.9. The molecule has 0 aliphatic rings. The summed E-state index contributed by atoms with van der Waals surface area (Å²) in [5.41, 5.74) is 0.376. The zero-order chi connectivity index (χ0) is 18.8. The minimum Gasteiger partial charge on any atom is -0.464 e. The van der Waals surface area contributed by atoms with Gasteiger partial charge in [-0.1, -0.05) is 6.07 Å². The molecule has 2 heterocycles. The lowest BCUT2D eigenvalue weighted by atomic mass is 10.1. The van der Waals surface area contributed by atoms with Crippen LogP contribution in [0.4, 0.5) is 8.78 Å². The van der Waals surface area contributed by atoms with Gasteiger partial charge in [0, 0.05) is 38.2 Å². The van der Waals surface area contributed by atoms with E-state index in [4.69, 9.17) is 9.47 Å². The smallest absolute Gasteiger partial charge is 0.332 e. The minimum atomic E-state index is -0.750. The third-order valence-corrected chi connectivity index (χ3v) is 4.22. The van der Waals surface area contributed by atoms with Gasteiger partial charge in [-0.3, -0.25) is 4.57 Å². The molecule has 0 amide bonds. The summed E-state index contributed by atoms with van der Waals surface area (Å²) in [5.74, 6) is -1.17. The molecule has 6 nitrogen and oxygen atoms in total. The number of hydrogen-bond donors (Lipinski definition) is 0. The number of rotatable bonds is 5. The average Bonchev–Trinajstić information content (AvgIpc) is 2.93. The lowest BCUT2D eigenvalue weighted by molar-refractivity contribution is 0.0505. The first-order chi connectivity index (χ1) is 12.4. The van der Waals surface area contributed by atoms with Gasteiger partial charge in [0.05, 0.1) is 5.69 Å². The standard InChI is InChI=1S/C17H14BrF2N3O3/c1-22-5-6-23(17(22)24)13-4-3-10(7-12(13)19)11-8-14(20)21-16(18)15(11)26-9-25-2/h3-8H,9H2,1-2H3. The Morgan fingerprint density at radius 2 is 2.00 bits per heavy atom. The van der Waals surface area contributed by atoms with E-state index in [1.165, 1.54) is 40.8 Å². The van der Waals surface area contributed by atoms with Gasteiger partial charge in [-0.05, 0) is 33.6 Å². The molecule has 0 bridgehead atoms. The maximum absolute atomic E-state index is 14.6. The molecule has 26 heavy (non-hydrogen) atoms. The van der Waals surface area contributed by atoms with E-state index in [1.54, 1.807) is 13.1 Å². The van der Waals surface area contributed by atoms with E-state index in [2.05, 4.69) is 20.9 Å². The molecular formula is C17H14BrF2N3O3. The van der Waals surface area contributed by atoms with Gasteiger partial charge in [0.1, 0.15) is 5.82 Å². The van der Waals surface area contributed by atoms with Crippen molar-refractivity contribution in [2.75, 3.05) is 13.9 Å². The second-order valence-electron chi connectivity index (χ2n) is 5.39. The van der Waals surface area contributed by atoms with Crippen molar-refractivity contribution in [1.29, 1.82) is 0 Å². The van der Waals surface area contributed by atoms with Crippen LogP contribution in [0.25, 0.3) is 16.8 Å². The lowest BCUT2D eigenvalue weighted by Gasteiger charge is -2.13. The maximum atomic E-state index is 14.6. The summed E-state index contributed by atoms with van der Waals surface area (Å²) >= 11 is 3.13. The molecule has 136 valence electrons. The van der Waals surface area contributed by atoms with E-state index in [0.29, 0.717) is 11.1 Å². The van der Waals surface area contributed by atoms with Gasteiger partial charge in [-0.2, -0.15) is 4.39 Å². The van der Waals surface area contributed by atoms with Gasteiger partial charge in [0.15, 0.2) is 17.1 Å². The number of halogens is 3. The molecule has 0 aliphatic carbocycles. The van der Waals surface area contributed by atoms with Crippen LogP contribution in [-0.4, -0.2) is 28.0 Å². The fourth-order valence-electron chi connectivity index (χ4n) is 2.46. The quantitative estimate of drug-likeness (QED) is 0.465. The molecule has 0 spiro atoms. The van der Waals surface area contributed by atoms with Crippen molar-refractivity contribution in [2.45, 2.75) is 0 Å². The summed E-state index contributed by atoms with van der Waals surface area (Å²) in [6, 6.07) is 5.35. The predicted octanol–water partition coefficient (Wildman–Crippen LogP) is 3.26. The van der Waals surface area contributed by atoms with E-state index >= 15 is 0 Å². The van der Waals surface area contributed by atoms with E-state index < -0.39 is 11.8 Å². The van der Waals surface area contributed by atoms with Gasteiger partial charge in [0.2, 0.25) is 5.95 Å². The van der Waals surface area contributed by atoms with Crippen molar-refractivity contribution in [3.05, 3.63) is 63.5 Å². The van der Waals surface area contributed by atoms with Crippen LogP contribution in [0.15, 0.2) is 46.1 Å². The fourth-order valence-corrected chi connectivity index (χ4v) is 2.96. The second kappa shape index (κ2) is 7.38. The first-order valence-corrected chi connectivity index (χ1v) is 8.23. The number of aryl methyl sites for hydroxylation is 1. The second-order valence-corrected chi connectivity index (χ2v) is 6.14. The Bertz CT molecular complexity index is 1020. The van der Waals surface area contributed by atoms with Crippen molar-refractivity contribution in [3.63, 3.8) is 0 Å². The topological polar surface area (TPSA) is 58.3 Å². The van der Waals surface area contributed by atoms with Gasteiger partial charge < -0.3 is 14.0 Å². The third kappa shape index (κ3) is 3.40. The molecule has 1 aromatic carbocycles. The molecule has 2 aromatic heterocycles. The molecule has 0 fully saturated rings. The molecule has 3 aromatic rings. The molecule has 0 aliphatic heterocycles. The highest BCUT2D eigenvalue weighted by molar-refractivity contribution is 9.10. The highest BCUT2D eigenvalue weighted by Crippen LogP contribution is 2.36. The van der Waals surface area contributed by atoms with Crippen LogP contribution in [-0.2, 0) is 11.8 Å². The Morgan fingerprint density at radius 3 is 2.62 bits per heavy atom. The number of nitrogens with zero attached hydrogens (tertiary/aromatic N) is 3. The number of aromatic nitrogens is 3. The fraction of sp³-hybridized carbons (Fsp3) is 0.176. The van der Waals surface area contributed by atoms with E-state index in [1.807, 2.05) is 0 Å². The van der Waals surface area contributed by atoms with Crippen molar-refractivity contribution in [3.8, 4) is 22.6 Å². The number of imidazole rings is 1. The van der Waals surface area contributed by atoms with E-state index in [-0.39, 0.29) is 28.5 Å². The number of methoxy groups -OCH3 is 1. The van der Waals surface area contributed by atoms with Crippen LogP contribution >= 0.6 is 15.9 Å². The van der Waals surface area contributed by atoms with E-state index in [0.717, 1.165) is 6.07 Å². The molecule has 0 unspecified atom stereocenters. The minimum absolute atomic E-state index is 0.0844. The normalized spacial score (nSPS) is 11.0. The Hall–Kier alpha value is -2.52. The highest BCUT2D eigenvalue weighted by atomic mass is 79.9. The Balaban J connectivity index is 2.10. The largest absolute Gasteiger partial charge is 0.464 e. The Morgan fingerprint density at radius 1 is 1.23 bits per heavy atom. The van der Waals surface area contributed by atoms with Crippen LogP contribution in [0, 0.1) is 11.8 Å². The van der Waals surface area contributed by atoms with Crippen LogP contribution in [0.3, 0.4) is 0 Å².